The van der Waals surface area contributed by atoms with Crippen LogP contribution in [0.4, 0.5) is 0 Å². The van der Waals surface area contributed by atoms with Crippen molar-refractivity contribution in [1.29, 1.82) is 0 Å². The quantitative estimate of drug-likeness (QED) is 0.798. The zero-order chi connectivity index (χ0) is 19.3. The molecule has 8 heteroatoms. The number of sulfonamides is 1. The number of benzene rings is 1. The van der Waals surface area contributed by atoms with E-state index in [1.54, 1.807) is 30.5 Å². The largest absolute Gasteiger partial charge is 0.350 e. The molecule has 1 aromatic heterocycles. The molecular weight excluding hydrogens is 386 g/mol. The number of nitrogens with one attached hydrogen (secondary N) is 1. The summed E-state index contributed by atoms with van der Waals surface area (Å²) in [4.78, 5) is 16.6. The molecule has 0 radical (unpaired) electrons. The van der Waals surface area contributed by atoms with Crippen LogP contribution in [0.15, 0.2) is 48.7 Å². The maximum Gasteiger partial charge on any atom is 0.224 e. The number of pyridine rings is 1. The third-order valence-electron chi connectivity index (χ3n) is 4.58. The minimum atomic E-state index is -3.48. The molecule has 27 heavy (non-hydrogen) atoms. The zero-order valence-corrected chi connectivity index (χ0v) is 16.4. The number of hydrogen-bond donors (Lipinski definition) is 1. The number of rotatable bonds is 6. The predicted molar refractivity (Wildman–Crippen MR) is 104 cm³/mol. The van der Waals surface area contributed by atoms with Crippen molar-refractivity contribution in [3.63, 3.8) is 0 Å². The Morgan fingerprint density at radius 1 is 1.22 bits per heavy atom. The second kappa shape index (κ2) is 8.82. The first-order chi connectivity index (χ1) is 12.9. The van der Waals surface area contributed by atoms with Crippen LogP contribution in [0.25, 0.3) is 0 Å². The molecule has 3 rings (SSSR count). The topological polar surface area (TPSA) is 79.4 Å². The molecule has 0 spiro atoms. The smallest absolute Gasteiger partial charge is 0.224 e. The lowest BCUT2D eigenvalue weighted by molar-refractivity contribution is -0.126. The monoisotopic (exact) mass is 407 g/mol. The van der Waals surface area contributed by atoms with Crippen molar-refractivity contribution in [1.82, 2.24) is 14.6 Å². The fourth-order valence-electron chi connectivity index (χ4n) is 3.12. The molecule has 6 nitrogen and oxygen atoms in total. The highest BCUT2D eigenvalue weighted by Crippen LogP contribution is 2.22. The van der Waals surface area contributed by atoms with Gasteiger partial charge in [0.25, 0.3) is 0 Å². The van der Waals surface area contributed by atoms with Crippen molar-refractivity contribution in [3.8, 4) is 0 Å². The number of halogens is 1. The number of piperidine rings is 1. The van der Waals surface area contributed by atoms with Crippen LogP contribution in [0.3, 0.4) is 0 Å². The maximum atomic E-state index is 12.7. The highest BCUT2D eigenvalue weighted by molar-refractivity contribution is 7.88. The Morgan fingerprint density at radius 2 is 2.00 bits per heavy atom. The van der Waals surface area contributed by atoms with E-state index in [0.29, 0.717) is 36.5 Å². The van der Waals surface area contributed by atoms with Gasteiger partial charge in [0.05, 0.1) is 23.9 Å². The highest BCUT2D eigenvalue weighted by Gasteiger charge is 2.32. The maximum absolute atomic E-state index is 12.7. The van der Waals surface area contributed by atoms with Gasteiger partial charge in [0.15, 0.2) is 0 Å². The predicted octanol–water partition coefficient (Wildman–Crippen LogP) is 2.59. The molecule has 0 aliphatic carbocycles. The Balaban J connectivity index is 1.59. The van der Waals surface area contributed by atoms with Gasteiger partial charge in [0.1, 0.15) is 0 Å². The van der Waals surface area contributed by atoms with E-state index in [-0.39, 0.29) is 24.1 Å². The summed E-state index contributed by atoms with van der Waals surface area (Å²) in [6.07, 6.45) is 3.02. The van der Waals surface area contributed by atoms with Gasteiger partial charge in [-0.2, -0.15) is 0 Å². The Bertz CT molecular complexity index is 873. The normalized spacial score (nSPS) is 18.2. The summed E-state index contributed by atoms with van der Waals surface area (Å²) in [6.45, 7) is 0.998. The van der Waals surface area contributed by atoms with E-state index >= 15 is 0 Å². The molecule has 1 unspecified atom stereocenters. The molecule has 0 bridgehead atoms. The van der Waals surface area contributed by atoms with Gasteiger partial charge in [-0.1, -0.05) is 29.8 Å². The first-order valence-electron chi connectivity index (χ1n) is 8.84. The molecule has 144 valence electrons. The number of carbonyl (C=O) groups is 1. The molecule has 1 fully saturated rings. The second-order valence-corrected chi connectivity index (χ2v) is 9.02. The number of hydrogen-bond acceptors (Lipinski definition) is 4. The van der Waals surface area contributed by atoms with Crippen LogP contribution in [0.5, 0.6) is 0 Å². The molecule has 1 aliphatic rings. The van der Waals surface area contributed by atoms with Gasteiger partial charge in [-0.15, -0.1) is 0 Å². The van der Waals surface area contributed by atoms with Crippen molar-refractivity contribution in [2.75, 3.05) is 13.1 Å². The molecule has 1 atom stereocenters. The number of amides is 1. The van der Waals surface area contributed by atoms with Crippen LogP contribution in [0, 0.1) is 5.92 Å². The third-order valence-corrected chi connectivity index (χ3v) is 6.65. The molecule has 1 N–H and O–H groups in total. The van der Waals surface area contributed by atoms with Gasteiger partial charge in [0, 0.05) is 24.3 Å². The van der Waals surface area contributed by atoms with Crippen molar-refractivity contribution in [3.05, 3.63) is 64.9 Å². The van der Waals surface area contributed by atoms with Crippen LogP contribution in [-0.4, -0.2) is 36.7 Å². The highest BCUT2D eigenvalue weighted by atomic mass is 35.5. The molecule has 1 aliphatic heterocycles. The molecular formula is C19H22ClN3O3S. The summed E-state index contributed by atoms with van der Waals surface area (Å²) in [5, 5.41) is 3.43. The number of aromatic nitrogens is 1. The summed E-state index contributed by atoms with van der Waals surface area (Å²) >= 11 is 5.85. The van der Waals surface area contributed by atoms with Gasteiger partial charge < -0.3 is 5.32 Å². The van der Waals surface area contributed by atoms with Gasteiger partial charge in [0.2, 0.25) is 15.9 Å². The minimum absolute atomic E-state index is 0.0908. The van der Waals surface area contributed by atoms with E-state index in [0.717, 1.165) is 5.69 Å². The van der Waals surface area contributed by atoms with Crippen LogP contribution >= 0.6 is 11.6 Å². The van der Waals surface area contributed by atoms with E-state index in [4.69, 9.17) is 11.6 Å². The number of nitrogens with zero attached hydrogens (tertiary/aromatic N) is 2. The van der Waals surface area contributed by atoms with Crippen molar-refractivity contribution < 1.29 is 13.2 Å². The Kier molecular flexibility index (Phi) is 6.46. The molecule has 1 amide bonds. The fourth-order valence-corrected chi connectivity index (χ4v) is 4.85. The summed E-state index contributed by atoms with van der Waals surface area (Å²) in [5.74, 6) is -0.568. The SMILES string of the molecule is O=C(NCc1ccccn1)C1CCCN(S(=O)(=O)Cc2ccc(Cl)cc2)C1. The van der Waals surface area contributed by atoms with Gasteiger partial charge >= 0.3 is 0 Å². The summed E-state index contributed by atoms with van der Waals surface area (Å²) < 4.78 is 26.9. The van der Waals surface area contributed by atoms with Crippen molar-refractivity contribution >= 4 is 27.5 Å². The molecule has 1 aromatic carbocycles. The Hall–Kier alpha value is -1.96. The molecule has 1 saturated heterocycles. The molecule has 2 heterocycles. The molecule has 2 aromatic rings. The standard InChI is InChI=1S/C19H22ClN3O3S/c20-17-8-6-15(7-9-17)14-27(25,26)23-11-3-4-16(13-23)19(24)22-12-18-5-1-2-10-21-18/h1-2,5-10,16H,3-4,11-14H2,(H,22,24). The Labute approximate surface area is 164 Å². The fraction of sp³-hybridized carbons (Fsp3) is 0.368. The van der Waals surface area contributed by atoms with Crippen molar-refractivity contribution in [2.24, 2.45) is 5.92 Å². The summed E-state index contributed by atoms with van der Waals surface area (Å²) in [7, 11) is -3.48. The van der Waals surface area contributed by atoms with Crippen LogP contribution in [-0.2, 0) is 27.1 Å². The third kappa shape index (κ3) is 5.51. The van der Waals surface area contributed by atoms with E-state index < -0.39 is 10.0 Å². The minimum Gasteiger partial charge on any atom is -0.350 e. The zero-order valence-electron chi connectivity index (χ0n) is 14.8. The lowest BCUT2D eigenvalue weighted by atomic mass is 9.99. The average molecular weight is 408 g/mol. The van der Waals surface area contributed by atoms with E-state index in [1.807, 2.05) is 18.2 Å². The average Bonchev–Trinajstić information content (AvgIpc) is 2.68. The van der Waals surface area contributed by atoms with E-state index in [9.17, 15) is 13.2 Å². The molecule has 0 saturated carbocycles. The first kappa shape index (κ1) is 19.8. The van der Waals surface area contributed by atoms with Gasteiger partial charge in [-0.05, 0) is 42.7 Å². The van der Waals surface area contributed by atoms with Crippen LogP contribution in [0.1, 0.15) is 24.1 Å². The van der Waals surface area contributed by atoms with Crippen LogP contribution in [0.2, 0.25) is 5.02 Å². The summed E-state index contributed by atoms with van der Waals surface area (Å²) in [5.41, 5.74) is 1.45. The lowest BCUT2D eigenvalue weighted by Gasteiger charge is -2.31. The van der Waals surface area contributed by atoms with Crippen molar-refractivity contribution in [2.45, 2.75) is 25.1 Å². The number of carbonyl (C=O) groups excluding carboxylic acids is 1. The second-order valence-electron chi connectivity index (χ2n) is 6.62. The summed E-state index contributed by atoms with van der Waals surface area (Å²) in [6, 6.07) is 12.3. The van der Waals surface area contributed by atoms with Crippen LogP contribution < -0.4 is 5.32 Å². The Morgan fingerprint density at radius 3 is 2.70 bits per heavy atom. The first-order valence-corrected chi connectivity index (χ1v) is 10.8. The van der Waals surface area contributed by atoms with E-state index in [2.05, 4.69) is 10.3 Å². The lowest BCUT2D eigenvalue weighted by Crippen LogP contribution is -2.45. The van der Waals surface area contributed by atoms with Gasteiger partial charge in [-0.25, -0.2) is 12.7 Å². The van der Waals surface area contributed by atoms with Gasteiger partial charge in [-0.3, -0.25) is 9.78 Å². The van der Waals surface area contributed by atoms with E-state index in [1.165, 1.54) is 4.31 Å².